The van der Waals surface area contributed by atoms with E-state index in [4.69, 9.17) is 9.84 Å². The largest absolute Gasteiger partial charge is 0.479 e. The first-order valence-corrected chi connectivity index (χ1v) is 6.18. The van der Waals surface area contributed by atoms with Gasteiger partial charge >= 0.3 is 5.97 Å². The predicted molar refractivity (Wildman–Crippen MR) is 74.3 cm³/mol. The third-order valence-electron chi connectivity index (χ3n) is 2.76. The highest BCUT2D eigenvalue weighted by atomic mass is 19.1. The standard InChI is InChI=1S/C14H14FN3O3/c1-8-9(2)16-14(18-13(8)21-7-12(19)20)17-11-5-3-4-10(15)6-11/h3-6H,7H2,1-2H3,(H,19,20)(H,16,17,18). The second kappa shape index (κ2) is 6.17. The number of carbonyl (C=O) groups is 1. The van der Waals surface area contributed by atoms with Crippen molar-refractivity contribution in [1.29, 1.82) is 0 Å². The molecule has 2 N–H and O–H groups in total. The molecule has 1 aromatic carbocycles. The summed E-state index contributed by atoms with van der Waals surface area (Å²) in [5.41, 5.74) is 1.78. The summed E-state index contributed by atoms with van der Waals surface area (Å²) in [4.78, 5) is 18.9. The summed E-state index contributed by atoms with van der Waals surface area (Å²) >= 11 is 0. The summed E-state index contributed by atoms with van der Waals surface area (Å²) in [7, 11) is 0. The fourth-order valence-electron chi connectivity index (χ4n) is 1.62. The smallest absolute Gasteiger partial charge is 0.341 e. The first kappa shape index (κ1) is 14.7. The zero-order chi connectivity index (χ0) is 15.4. The summed E-state index contributed by atoms with van der Waals surface area (Å²) in [6.45, 7) is 3.00. The van der Waals surface area contributed by atoms with Gasteiger partial charge in [0.1, 0.15) is 5.82 Å². The molecule has 7 heteroatoms. The van der Waals surface area contributed by atoms with Gasteiger partial charge in [0.2, 0.25) is 11.8 Å². The molecular weight excluding hydrogens is 277 g/mol. The van der Waals surface area contributed by atoms with E-state index in [0.717, 1.165) is 0 Å². The molecule has 0 fully saturated rings. The van der Waals surface area contributed by atoms with Crippen LogP contribution in [0.3, 0.4) is 0 Å². The molecule has 110 valence electrons. The van der Waals surface area contributed by atoms with Crippen LogP contribution in [0.2, 0.25) is 0 Å². The molecule has 0 bridgehead atoms. The molecule has 0 aliphatic heterocycles. The van der Waals surface area contributed by atoms with Crippen LogP contribution in [0.25, 0.3) is 0 Å². The fraction of sp³-hybridized carbons (Fsp3) is 0.214. The second-order valence-corrected chi connectivity index (χ2v) is 4.38. The van der Waals surface area contributed by atoms with Crippen molar-refractivity contribution in [2.75, 3.05) is 11.9 Å². The van der Waals surface area contributed by atoms with E-state index in [0.29, 0.717) is 16.9 Å². The molecular formula is C14H14FN3O3. The molecule has 0 saturated carbocycles. The van der Waals surface area contributed by atoms with Gasteiger partial charge in [-0.2, -0.15) is 4.98 Å². The first-order valence-electron chi connectivity index (χ1n) is 6.18. The number of aryl methyl sites for hydroxylation is 1. The number of nitrogens with zero attached hydrogens (tertiary/aromatic N) is 2. The highest BCUT2D eigenvalue weighted by Crippen LogP contribution is 2.21. The van der Waals surface area contributed by atoms with E-state index in [1.165, 1.54) is 12.1 Å². The summed E-state index contributed by atoms with van der Waals surface area (Å²) in [6, 6.07) is 5.85. The van der Waals surface area contributed by atoms with Crippen molar-refractivity contribution < 1.29 is 19.0 Å². The lowest BCUT2D eigenvalue weighted by molar-refractivity contribution is -0.139. The van der Waals surface area contributed by atoms with Gasteiger partial charge in [0.15, 0.2) is 6.61 Å². The molecule has 1 aromatic heterocycles. The lowest BCUT2D eigenvalue weighted by atomic mass is 10.2. The van der Waals surface area contributed by atoms with Crippen LogP contribution in [0.4, 0.5) is 16.0 Å². The average molecular weight is 291 g/mol. The molecule has 0 spiro atoms. The van der Waals surface area contributed by atoms with Crippen LogP contribution < -0.4 is 10.1 Å². The minimum Gasteiger partial charge on any atom is -0.479 e. The van der Waals surface area contributed by atoms with Gasteiger partial charge in [-0.05, 0) is 32.0 Å². The molecule has 0 atom stereocenters. The van der Waals surface area contributed by atoms with E-state index in [1.54, 1.807) is 26.0 Å². The van der Waals surface area contributed by atoms with E-state index >= 15 is 0 Å². The number of carboxylic acid groups (broad SMARTS) is 1. The number of benzene rings is 1. The highest BCUT2D eigenvalue weighted by molar-refractivity contribution is 5.68. The molecule has 21 heavy (non-hydrogen) atoms. The Morgan fingerprint density at radius 3 is 2.81 bits per heavy atom. The number of hydrogen-bond donors (Lipinski definition) is 2. The van der Waals surface area contributed by atoms with Crippen LogP contribution in [0, 0.1) is 19.7 Å². The predicted octanol–water partition coefficient (Wildman–Crippen LogP) is 2.44. The van der Waals surface area contributed by atoms with E-state index in [-0.39, 0.29) is 17.6 Å². The maximum absolute atomic E-state index is 13.1. The zero-order valence-electron chi connectivity index (χ0n) is 11.6. The van der Waals surface area contributed by atoms with Gasteiger partial charge in [-0.25, -0.2) is 14.2 Å². The molecule has 6 nitrogen and oxygen atoms in total. The zero-order valence-corrected chi connectivity index (χ0v) is 11.6. The number of nitrogens with one attached hydrogen (secondary N) is 1. The maximum Gasteiger partial charge on any atom is 0.341 e. The van der Waals surface area contributed by atoms with Gasteiger partial charge in [-0.3, -0.25) is 0 Å². The van der Waals surface area contributed by atoms with Crippen LogP contribution in [0.5, 0.6) is 5.88 Å². The summed E-state index contributed by atoms with van der Waals surface area (Å²) in [6.07, 6.45) is 0. The number of aromatic nitrogens is 2. The molecule has 0 amide bonds. The van der Waals surface area contributed by atoms with Crippen LogP contribution in [0.1, 0.15) is 11.3 Å². The van der Waals surface area contributed by atoms with Gasteiger partial charge in [-0.1, -0.05) is 6.07 Å². The molecule has 2 rings (SSSR count). The summed E-state index contributed by atoms with van der Waals surface area (Å²) < 4.78 is 18.2. The van der Waals surface area contributed by atoms with Gasteiger partial charge in [-0.15, -0.1) is 0 Å². The van der Waals surface area contributed by atoms with Crippen molar-refractivity contribution in [2.45, 2.75) is 13.8 Å². The minimum absolute atomic E-state index is 0.184. The highest BCUT2D eigenvalue weighted by Gasteiger charge is 2.11. The number of ether oxygens (including phenoxy) is 1. The fourth-order valence-corrected chi connectivity index (χ4v) is 1.62. The Hall–Kier alpha value is -2.70. The summed E-state index contributed by atoms with van der Waals surface area (Å²) in [5.74, 6) is -1.08. The monoisotopic (exact) mass is 291 g/mol. The Morgan fingerprint density at radius 2 is 2.14 bits per heavy atom. The van der Waals surface area contributed by atoms with E-state index in [9.17, 15) is 9.18 Å². The van der Waals surface area contributed by atoms with Gasteiger partial charge in [0.05, 0.1) is 0 Å². The SMILES string of the molecule is Cc1nc(Nc2cccc(F)c2)nc(OCC(=O)O)c1C. The van der Waals surface area contributed by atoms with Crippen LogP contribution in [-0.2, 0) is 4.79 Å². The van der Waals surface area contributed by atoms with Crippen LogP contribution in [-0.4, -0.2) is 27.7 Å². The maximum atomic E-state index is 13.1. The number of anilines is 2. The van der Waals surface area contributed by atoms with E-state index < -0.39 is 12.6 Å². The average Bonchev–Trinajstić information content (AvgIpc) is 2.41. The molecule has 0 aliphatic carbocycles. The Bertz CT molecular complexity index is 677. The molecule has 2 aromatic rings. The topological polar surface area (TPSA) is 84.3 Å². The second-order valence-electron chi connectivity index (χ2n) is 4.38. The molecule has 0 radical (unpaired) electrons. The van der Waals surface area contributed by atoms with Crippen LogP contribution >= 0.6 is 0 Å². The number of carboxylic acids is 1. The van der Waals surface area contributed by atoms with Crippen molar-refractivity contribution in [2.24, 2.45) is 0 Å². The molecule has 1 heterocycles. The van der Waals surface area contributed by atoms with Crippen molar-refractivity contribution in [3.8, 4) is 5.88 Å². The number of aliphatic carboxylic acids is 1. The third-order valence-corrected chi connectivity index (χ3v) is 2.76. The van der Waals surface area contributed by atoms with Crippen LogP contribution in [0.15, 0.2) is 24.3 Å². The Kier molecular flexibility index (Phi) is 4.32. The lowest BCUT2D eigenvalue weighted by Gasteiger charge is -2.11. The van der Waals surface area contributed by atoms with Gasteiger partial charge in [0, 0.05) is 16.9 Å². The van der Waals surface area contributed by atoms with Gasteiger partial charge in [0.25, 0.3) is 0 Å². The quantitative estimate of drug-likeness (QED) is 0.880. The third kappa shape index (κ3) is 3.88. The molecule has 0 aliphatic rings. The molecule has 0 unspecified atom stereocenters. The van der Waals surface area contributed by atoms with Crippen molar-refractivity contribution in [1.82, 2.24) is 9.97 Å². The van der Waals surface area contributed by atoms with E-state index in [1.807, 2.05) is 0 Å². The van der Waals surface area contributed by atoms with Crippen molar-refractivity contribution >= 4 is 17.6 Å². The van der Waals surface area contributed by atoms with Gasteiger partial charge < -0.3 is 15.2 Å². The normalized spacial score (nSPS) is 10.2. The Morgan fingerprint density at radius 1 is 1.38 bits per heavy atom. The summed E-state index contributed by atoms with van der Waals surface area (Å²) in [5, 5.41) is 11.5. The first-order chi connectivity index (χ1) is 9.95. The Labute approximate surface area is 120 Å². The van der Waals surface area contributed by atoms with Crippen molar-refractivity contribution in [3.63, 3.8) is 0 Å². The minimum atomic E-state index is -1.09. The number of hydrogen-bond acceptors (Lipinski definition) is 5. The molecule has 0 saturated heterocycles. The van der Waals surface area contributed by atoms with E-state index in [2.05, 4.69) is 15.3 Å². The van der Waals surface area contributed by atoms with Crippen molar-refractivity contribution in [3.05, 3.63) is 41.3 Å². The Balaban J connectivity index is 2.25. The lowest BCUT2D eigenvalue weighted by Crippen LogP contribution is -2.12. The number of halogens is 1. The number of rotatable bonds is 5.